The van der Waals surface area contributed by atoms with E-state index in [1.807, 2.05) is 32.6 Å². The molecule has 0 N–H and O–H groups in total. The van der Waals surface area contributed by atoms with Gasteiger partial charge in [-0.25, -0.2) is 0 Å². The number of carbonyl (C=O) groups is 1. The van der Waals surface area contributed by atoms with Gasteiger partial charge in [-0.1, -0.05) is 41.0 Å². The molecule has 0 aliphatic carbocycles. The molecule has 1 heterocycles. The molecule has 0 aromatic heterocycles. The molecule has 1 aliphatic heterocycles. The summed E-state index contributed by atoms with van der Waals surface area (Å²) in [7, 11) is 0. The Morgan fingerprint density at radius 1 is 1.27 bits per heavy atom. The van der Waals surface area contributed by atoms with E-state index in [9.17, 15) is 4.79 Å². The largest absolute Gasteiger partial charge is 0.340 e. The number of carbonyl (C=O) groups excluding carboxylic acids is 1. The summed E-state index contributed by atoms with van der Waals surface area (Å²) in [6.07, 6.45) is 4.15. The minimum Gasteiger partial charge on any atom is -0.340 e. The molecule has 1 saturated heterocycles. The predicted octanol–water partition coefficient (Wildman–Crippen LogP) is 3.85. The lowest BCUT2D eigenvalue weighted by Crippen LogP contribution is -2.31. The first kappa shape index (κ1) is 16.9. The predicted molar refractivity (Wildman–Crippen MR) is 68.0 cm³/mol. The van der Waals surface area contributed by atoms with Crippen molar-refractivity contribution in [3.8, 4) is 0 Å². The smallest absolute Gasteiger partial charge is 0.222 e. The maximum Gasteiger partial charge on any atom is 0.222 e. The molecule has 0 aromatic carbocycles. The molecule has 1 aliphatic rings. The first-order valence-corrected chi connectivity index (χ1v) is 6.55. The van der Waals surface area contributed by atoms with Crippen molar-refractivity contribution in [1.29, 1.82) is 0 Å². The fourth-order valence-corrected chi connectivity index (χ4v) is 1.55. The maximum absolute atomic E-state index is 11.2. The van der Waals surface area contributed by atoms with Crippen LogP contribution in [0.5, 0.6) is 0 Å². The van der Waals surface area contributed by atoms with Crippen molar-refractivity contribution in [2.75, 3.05) is 6.54 Å². The number of unbranched alkanes of at least 4 members (excludes halogenated alkanes) is 1. The van der Waals surface area contributed by atoms with Gasteiger partial charge in [0.1, 0.15) is 0 Å². The van der Waals surface area contributed by atoms with Crippen LogP contribution in [0.4, 0.5) is 0 Å². The molecule has 0 radical (unpaired) electrons. The molecule has 1 rings (SSSR count). The zero-order valence-corrected chi connectivity index (χ0v) is 11.5. The number of nitrogens with zero attached hydrogens (tertiary/aromatic N) is 1. The maximum atomic E-state index is 11.2. The van der Waals surface area contributed by atoms with Crippen LogP contribution in [-0.4, -0.2) is 23.4 Å². The van der Waals surface area contributed by atoms with Crippen LogP contribution in [0.15, 0.2) is 0 Å². The van der Waals surface area contributed by atoms with Crippen LogP contribution in [0.1, 0.15) is 67.2 Å². The molecule has 0 aromatic rings. The number of rotatable bonds is 3. The Bertz CT molecular complexity index is 145. The second kappa shape index (κ2) is 11.5. The fraction of sp³-hybridized carbons (Fsp3) is 0.923. The Morgan fingerprint density at radius 3 is 2.13 bits per heavy atom. The summed E-state index contributed by atoms with van der Waals surface area (Å²) in [5.41, 5.74) is 0. The van der Waals surface area contributed by atoms with Gasteiger partial charge in [0, 0.05) is 19.0 Å². The van der Waals surface area contributed by atoms with Gasteiger partial charge >= 0.3 is 0 Å². The summed E-state index contributed by atoms with van der Waals surface area (Å²) in [4.78, 5) is 13.2. The Morgan fingerprint density at radius 2 is 1.80 bits per heavy atom. The minimum absolute atomic E-state index is 0.353. The van der Waals surface area contributed by atoms with Gasteiger partial charge < -0.3 is 4.90 Å². The molecule has 2 heteroatoms. The first-order chi connectivity index (χ1) is 7.25. The fourth-order valence-electron chi connectivity index (χ4n) is 1.55. The van der Waals surface area contributed by atoms with E-state index in [0.717, 1.165) is 25.8 Å². The summed E-state index contributed by atoms with van der Waals surface area (Å²) < 4.78 is 0. The molecule has 1 fully saturated rings. The second-order valence-corrected chi connectivity index (χ2v) is 3.33. The van der Waals surface area contributed by atoms with Crippen LogP contribution in [-0.2, 0) is 4.79 Å². The van der Waals surface area contributed by atoms with Crippen molar-refractivity contribution in [2.24, 2.45) is 0 Å². The van der Waals surface area contributed by atoms with Crippen molar-refractivity contribution in [3.05, 3.63) is 0 Å². The van der Waals surface area contributed by atoms with Crippen molar-refractivity contribution in [1.82, 2.24) is 4.90 Å². The van der Waals surface area contributed by atoms with Gasteiger partial charge in [0.25, 0.3) is 0 Å². The van der Waals surface area contributed by atoms with Crippen LogP contribution in [0, 0.1) is 0 Å². The van der Waals surface area contributed by atoms with Gasteiger partial charge in [-0.3, -0.25) is 4.79 Å². The highest BCUT2D eigenvalue weighted by molar-refractivity contribution is 5.78. The second-order valence-electron chi connectivity index (χ2n) is 3.33. The van der Waals surface area contributed by atoms with Gasteiger partial charge in [-0.15, -0.1) is 0 Å². The van der Waals surface area contributed by atoms with Gasteiger partial charge in [0.05, 0.1) is 0 Å². The SMILES string of the molecule is CC.CC.CCCCN1C(=O)CCC1C. The number of likely N-dealkylation sites (tertiary alicyclic amines) is 1. The summed E-state index contributed by atoms with van der Waals surface area (Å²) in [6, 6.07) is 0.494. The molecular weight excluding hydrogens is 186 g/mol. The molecule has 0 spiro atoms. The lowest BCUT2D eigenvalue weighted by molar-refractivity contribution is -0.128. The zero-order valence-electron chi connectivity index (χ0n) is 11.5. The normalized spacial score (nSPS) is 18.9. The Hall–Kier alpha value is -0.530. The van der Waals surface area contributed by atoms with E-state index < -0.39 is 0 Å². The highest BCUT2D eigenvalue weighted by Crippen LogP contribution is 2.18. The standard InChI is InChI=1S/C9H17NO.2C2H6/c1-3-4-7-10-8(2)5-6-9(10)11;2*1-2/h8H,3-7H2,1-2H3;2*1-2H3. The van der Waals surface area contributed by atoms with E-state index in [1.54, 1.807) is 0 Å². The summed E-state index contributed by atoms with van der Waals surface area (Å²) in [6.45, 7) is 13.3. The first-order valence-electron chi connectivity index (χ1n) is 6.55. The Kier molecular flexibility index (Phi) is 13.0. The summed E-state index contributed by atoms with van der Waals surface area (Å²) >= 11 is 0. The van der Waals surface area contributed by atoms with E-state index in [4.69, 9.17) is 0 Å². The van der Waals surface area contributed by atoms with E-state index in [2.05, 4.69) is 13.8 Å². The minimum atomic E-state index is 0.353. The lowest BCUT2D eigenvalue weighted by atomic mass is 10.2. The summed E-state index contributed by atoms with van der Waals surface area (Å²) in [5, 5.41) is 0. The van der Waals surface area contributed by atoms with Crippen LogP contribution < -0.4 is 0 Å². The van der Waals surface area contributed by atoms with Crippen LogP contribution in [0.3, 0.4) is 0 Å². The van der Waals surface area contributed by atoms with Gasteiger partial charge in [0.15, 0.2) is 0 Å². The molecule has 15 heavy (non-hydrogen) atoms. The van der Waals surface area contributed by atoms with Crippen molar-refractivity contribution < 1.29 is 4.79 Å². The number of amides is 1. The van der Waals surface area contributed by atoms with E-state index in [0.29, 0.717) is 11.9 Å². The Labute approximate surface area is 96.0 Å². The molecular formula is C13H29NO. The number of hydrogen-bond donors (Lipinski definition) is 0. The van der Waals surface area contributed by atoms with Crippen LogP contribution in [0.2, 0.25) is 0 Å². The van der Waals surface area contributed by atoms with Crippen LogP contribution >= 0.6 is 0 Å². The highest BCUT2D eigenvalue weighted by Gasteiger charge is 2.26. The molecule has 0 bridgehead atoms. The average molecular weight is 215 g/mol. The molecule has 92 valence electrons. The third-order valence-corrected chi connectivity index (χ3v) is 2.38. The summed E-state index contributed by atoms with van der Waals surface area (Å²) in [5.74, 6) is 0.353. The lowest BCUT2D eigenvalue weighted by Gasteiger charge is -2.20. The van der Waals surface area contributed by atoms with Gasteiger partial charge in [-0.05, 0) is 19.8 Å². The van der Waals surface area contributed by atoms with E-state index in [-0.39, 0.29) is 0 Å². The highest BCUT2D eigenvalue weighted by atomic mass is 16.2. The van der Waals surface area contributed by atoms with Crippen LogP contribution in [0.25, 0.3) is 0 Å². The molecule has 2 nitrogen and oxygen atoms in total. The van der Waals surface area contributed by atoms with Crippen molar-refractivity contribution in [3.63, 3.8) is 0 Å². The van der Waals surface area contributed by atoms with Crippen molar-refractivity contribution in [2.45, 2.75) is 73.3 Å². The third-order valence-electron chi connectivity index (χ3n) is 2.38. The molecule has 1 atom stereocenters. The van der Waals surface area contributed by atoms with Crippen molar-refractivity contribution >= 4 is 5.91 Å². The van der Waals surface area contributed by atoms with E-state index >= 15 is 0 Å². The molecule has 1 amide bonds. The topological polar surface area (TPSA) is 20.3 Å². The molecule has 0 saturated carbocycles. The number of hydrogen-bond acceptors (Lipinski definition) is 1. The quantitative estimate of drug-likeness (QED) is 0.700. The zero-order chi connectivity index (χ0) is 12.3. The Balaban J connectivity index is 0. The van der Waals surface area contributed by atoms with Gasteiger partial charge in [0.2, 0.25) is 5.91 Å². The monoisotopic (exact) mass is 215 g/mol. The average Bonchev–Trinajstić information content (AvgIpc) is 2.62. The third kappa shape index (κ3) is 6.53. The van der Waals surface area contributed by atoms with Gasteiger partial charge in [-0.2, -0.15) is 0 Å². The molecule has 1 unspecified atom stereocenters. The van der Waals surface area contributed by atoms with E-state index in [1.165, 1.54) is 6.42 Å².